The molecule has 4 amide bonds. The van der Waals surface area contributed by atoms with Gasteiger partial charge in [-0.25, -0.2) is 9.80 Å². The number of carbonyl (C=O) groups excluding carboxylic acids is 4. The van der Waals surface area contributed by atoms with Gasteiger partial charge in [0.1, 0.15) is 31.1 Å². The molecule has 0 unspecified atom stereocenters. The van der Waals surface area contributed by atoms with Crippen LogP contribution in [0.15, 0.2) is 30.3 Å². The quantitative estimate of drug-likeness (QED) is 0.288. The lowest BCUT2D eigenvalue weighted by molar-refractivity contribution is -0.149. The van der Waals surface area contributed by atoms with E-state index in [2.05, 4.69) is 16.1 Å². The number of benzene rings is 1. The van der Waals surface area contributed by atoms with Gasteiger partial charge < -0.3 is 20.5 Å². The summed E-state index contributed by atoms with van der Waals surface area (Å²) in [7, 11) is 0. The van der Waals surface area contributed by atoms with Gasteiger partial charge in [-0.3, -0.25) is 24.6 Å². The summed E-state index contributed by atoms with van der Waals surface area (Å²) in [4.78, 5) is 59.5. The van der Waals surface area contributed by atoms with Gasteiger partial charge >= 0.3 is 12.1 Å². The Morgan fingerprint density at radius 3 is 2.19 bits per heavy atom. The molecule has 0 aliphatic carbocycles. The highest BCUT2D eigenvalue weighted by Crippen LogP contribution is 2.05. The van der Waals surface area contributed by atoms with Gasteiger partial charge in [-0.1, -0.05) is 44.2 Å². The average Bonchev–Trinajstić information content (AvgIpc) is 2.74. The highest BCUT2D eigenvalue weighted by molar-refractivity contribution is 6.27. The summed E-state index contributed by atoms with van der Waals surface area (Å²) >= 11 is 5.41. The van der Waals surface area contributed by atoms with Crippen LogP contribution in [0, 0.1) is 5.92 Å². The van der Waals surface area contributed by atoms with Crippen molar-refractivity contribution in [3.63, 3.8) is 0 Å². The van der Waals surface area contributed by atoms with Crippen molar-refractivity contribution in [1.82, 2.24) is 21.1 Å². The van der Waals surface area contributed by atoms with E-state index >= 15 is 0 Å². The predicted octanol–water partition coefficient (Wildman–Crippen LogP) is 0.625. The van der Waals surface area contributed by atoms with Crippen LogP contribution in [-0.4, -0.2) is 64.4 Å². The van der Waals surface area contributed by atoms with Crippen LogP contribution in [-0.2, 0) is 30.5 Å². The normalized spacial score (nSPS) is 12.3. The number of halogens is 1. The number of amides is 4. The van der Waals surface area contributed by atoms with E-state index in [1.54, 1.807) is 38.1 Å². The smallest absolute Gasteiger partial charge is 0.408 e. The Morgan fingerprint density at radius 2 is 1.66 bits per heavy atom. The number of alkyl carbamates (subject to hydrolysis) is 1. The van der Waals surface area contributed by atoms with Crippen molar-refractivity contribution < 1.29 is 33.8 Å². The van der Waals surface area contributed by atoms with Gasteiger partial charge in [0.05, 0.1) is 0 Å². The molecule has 176 valence electrons. The second-order valence-electron chi connectivity index (χ2n) is 7.14. The fraction of sp³-hybridized carbons (Fsp3) is 0.450. The van der Waals surface area contributed by atoms with E-state index < -0.39 is 54.3 Å². The van der Waals surface area contributed by atoms with E-state index in [1.165, 1.54) is 6.92 Å². The molecule has 4 N–H and O–H groups in total. The van der Waals surface area contributed by atoms with E-state index in [1.807, 2.05) is 6.07 Å². The van der Waals surface area contributed by atoms with Crippen molar-refractivity contribution in [3.8, 4) is 0 Å². The fourth-order valence-electron chi connectivity index (χ4n) is 2.42. The first-order valence-corrected chi connectivity index (χ1v) is 10.2. The second kappa shape index (κ2) is 13.2. The number of rotatable bonds is 10. The minimum absolute atomic E-state index is 0.0198. The molecule has 0 saturated carbocycles. The third kappa shape index (κ3) is 9.21. The van der Waals surface area contributed by atoms with Crippen LogP contribution in [0.1, 0.15) is 26.3 Å². The molecule has 0 aliphatic rings. The van der Waals surface area contributed by atoms with Crippen LogP contribution < -0.4 is 16.1 Å². The molecule has 1 aromatic rings. The zero-order valence-electron chi connectivity index (χ0n) is 18.0. The van der Waals surface area contributed by atoms with E-state index in [9.17, 15) is 24.0 Å². The Labute approximate surface area is 190 Å². The molecule has 0 spiro atoms. The first kappa shape index (κ1) is 26.7. The molecule has 0 heterocycles. The lowest BCUT2D eigenvalue weighted by Crippen LogP contribution is -2.58. The summed E-state index contributed by atoms with van der Waals surface area (Å²) in [6, 6.07) is 6.83. The Morgan fingerprint density at radius 1 is 1.03 bits per heavy atom. The maximum absolute atomic E-state index is 12.6. The third-order valence-electron chi connectivity index (χ3n) is 4.14. The zero-order valence-corrected chi connectivity index (χ0v) is 18.7. The van der Waals surface area contributed by atoms with Crippen LogP contribution >= 0.6 is 11.6 Å². The molecular weight excluding hydrogens is 444 g/mol. The van der Waals surface area contributed by atoms with E-state index in [4.69, 9.17) is 21.4 Å². The highest BCUT2D eigenvalue weighted by Gasteiger charge is 2.28. The van der Waals surface area contributed by atoms with Crippen molar-refractivity contribution in [2.24, 2.45) is 5.92 Å². The highest BCUT2D eigenvalue weighted by atomic mass is 35.5. The fourth-order valence-corrected chi connectivity index (χ4v) is 2.57. The number of nitrogens with zero attached hydrogens (tertiary/aromatic N) is 1. The topological polar surface area (TPSA) is 154 Å². The number of hydrogen-bond acceptors (Lipinski definition) is 6. The number of ether oxygens (including phenoxy) is 1. The minimum Gasteiger partial charge on any atom is -0.480 e. The van der Waals surface area contributed by atoms with Gasteiger partial charge in [-0.05, 0) is 18.4 Å². The minimum atomic E-state index is -1.36. The summed E-state index contributed by atoms with van der Waals surface area (Å²) in [6.45, 7) is 3.94. The van der Waals surface area contributed by atoms with E-state index in [0.717, 1.165) is 5.56 Å². The molecule has 0 radical (unpaired) electrons. The zero-order chi connectivity index (χ0) is 24.3. The maximum Gasteiger partial charge on any atom is 0.408 e. The van der Waals surface area contributed by atoms with Gasteiger partial charge in [0.25, 0.3) is 11.8 Å². The lowest BCUT2D eigenvalue weighted by Gasteiger charge is -2.25. The van der Waals surface area contributed by atoms with Gasteiger partial charge in [0.2, 0.25) is 5.91 Å². The summed E-state index contributed by atoms with van der Waals surface area (Å²) in [6.07, 6.45) is -0.805. The number of alkyl halides is 1. The van der Waals surface area contributed by atoms with Crippen molar-refractivity contribution in [3.05, 3.63) is 35.9 Å². The molecular formula is C20H27ClN4O7. The molecule has 2 atom stereocenters. The molecule has 0 aromatic heterocycles. The molecule has 32 heavy (non-hydrogen) atoms. The van der Waals surface area contributed by atoms with Crippen LogP contribution in [0.25, 0.3) is 0 Å². The average molecular weight is 471 g/mol. The number of aliphatic carboxylic acids is 1. The number of carboxylic acids is 1. The van der Waals surface area contributed by atoms with Crippen LogP contribution in [0.5, 0.6) is 0 Å². The lowest BCUT2D eigenvalue weighted by atomic mass is 10.0. The third-order valence-corrected chi connectivity index (χ3v) is 4.37. The van der Waals surface area contributed by atoms with Crippen molar-refractivity contribution in [2.45, 2.75) is 39.5 Å². The Bertz CT molecular complexity index is 819. The molecule has 0 bridgehead atoms. The summed E-state index contributed by atoms with van der Waals surface area (Å²) < 4.78 is 5.12. The van der Waals surface area contributed by atoms with Crippen molar-refractivity contribution in [1.29, 1.82) is 0 Å². The van der Waals surface area contributed by atoms with Crippen LogP contribution in [0.2, 0.25) is 0 Å². The van der Waals surface area contributed by atoms with Gasteiger partial charge in [0, 0.05) is 0 Å². The number of carboxylic acid groups (broad SMARTS) is 1. The molecule has 0 aliphatic heterocycles. The van der Waals surface area contributed by atoms with E-state index in [0.29, 0.717) is 5.01 Å². The monoisotopic (exact) mass is 470 g/mol. The second-order valence-corrected chi connectivity index (χ2v) is 7.41. The molecule has 0 saturated heterocycles. The maximum atomic E-state index is 12.6. The Kier molecular flexibility index (Phi) is 11.0. The number of nitrogens with one attached hydrogen (secondary N) is 3. The molecule has 12 heteroatoms. The Hall–Kier alpha value is -3.34. The number of hydrogen-bond donors (Lipinski definition) is 4. The van der Waals surface area contributed by atoms with Gasteiger partial charge in [-0.2, -0.15) is 0 Å². The van der Waals surface area contributed by atoms with Gasteiger partial charge in [-0.15, -0.1) is 11.6 Å². The predicted molar refractivity (Wildman–Crippen MR) is 114 cm³/mol. The summed E-state index contributed by atoms with van der Waals surface area (Å²) in [5, 5.41) is 14.3. The van der Waals surface area contributed by atoms with Crippen LogP contribution in [0.3, 0.4) is 0 Å². The van der Waals surface area contributed by atoms with Gasteiger partial charge in [0.15, 0.2) is 0 Å². The molecule has 0 fully saturated rings. The Balaban J connectivity index is 2.67. The van der Waals surface area contributed by atoms with Crippen LogP contribution in [0.4, 0.5) is 4.79 Å². The first-order chi connectivity index (χ1) is 15.0. The molecule has 1 aromatic carbocycles. The standard InChI is InChI=1S/C20H27ClN4O7/c1-12(2)17(23-20(31)32-11-14-7-5-4-6-8-14)19(30)22-13(3)18(29)24-25(10-16(27)28)15(26)9-21/h4-8,12-13,17H,9-11H2,1-3H3,(H,22,30)(H,23,31)(H,24,29)(H,27,28)/t13-,17-/m0/s1. The largest absolute Gasteiger partial charge is 0.480 e. The van der Waals surface area contributed by atoms with Crippen molar-refractivity contribution >= 4 is 41.4 Å². The first-order valence-electron chi connectivity index (χ1n) is 9.71. The molecule has 1 rings (SSSR count). The summed E-state index contributed by atoms with van der Waals surface area (Å²) in [5.41, 5.74) is 2.88. The summed E-state index contributed by atoms with van der Waals surface area (Å²) in [5.74, 6) is -4.57. The van der Waals surface area contributed by atoms with E-state index in [-0.39, 0.29) is 12.5 Å². The number of hydrazine groups is 1. The molecule has 11 nitrogen and oxygen atoms in total. The number of carbonyl (C=O) groups is 5. The van der Waals surface area contributed by atoms with Crippen molar-refractivity contribution in [2.75, 3.05) is 12.4 Å². The SMILES string of the molecule is CC(C)[C@H](NC(=O)OCc1ccccc1)C(=O)N[C@@H](C)C(=O)NN(CC(=O)O)C(=O)CCl.